The van der Waals surface area contributed by atoms with Crippen molar-refractivity contribution in [2.45, 2.75) is 44.7 Å². The molecule has 4 fully saturated rings. The molecule has 6 nitrogen and oxygen atoms in total. The minimum Gasteiger partial charge on any atom is -0.370 e. The predicted molar refractivity (Wildman–Crippen MR) is 71.1 cm³/mol. The highest BCUT2D eigenvalue weighted by molar-refractivity contribution is 5.90. The fourth-order valence-electron chi connectivity index (χ4n) is 4.25. The molecule has 0 aromatic heterocycles. The number of halogens is 3. The summed E-state index contributed by atoms with van der Waals surface area (Å²) in [5, 5.41) is 0. The van der Waals surface area contributed by atoms with Gasteiger partial charge in [-0.25, -0.2) is 0 Å². The number of carbonyl (C=O) groups excluding carboxylic acids is 3. The van der Waals surface area contributed by atoms with Crippen LogP contribution < -0.4 is 16.6 Å². The molecule has 0 aromatic rings. The third-order valence-corrected chi connectivity index (χ3v) is 5.44. The van der Waals surface area contributed by atoms with E-state index in [1.54, 1.807) is 0 Å². The van der Waals surface area contributed by atoms with Crippen molar-refractivity contribution in [3.8, 4) is 0 Å². The van der Waals surface area contributed by atoms with Crippen molar-refractivity contribution in [2.75, 3.05) is 0 Å². The summed E-state index contributed by atoms with van der Waals surface area (Å²) in [6.45, 7) is 0. The lowest BCUT2D eigenvalue weighted by molar-refractivity contribution is -0.211. The highest BCUT2D eigenvalue weighted by Crippen LogP contribution is 2.74. The first-order valence-corrected chi connectivity index (χ1v) is 7.51. The van der Waals surface area contributed by atoms with Gasteiger partial charge >= 0.3 is 6.18 Å². The van der Waals surface area contributed by atoms with Crippen molar-refractivity contribution < 1.29 is 27.6 Å². The minimum atomic E-state index is -4.26. The van der Waals surface area contributed by atoms with Crippen LogP contribution in [0.4, 0.5) is 13.2 Å². The van der Waals surface area contributed by atoms with Gasteiger partial charge in [0.2, 0.25) is 17.7 Å². The maximum absolute atomic E-state index is 12.4. The molecule has 4 saturated carbocycles. The van der Waals surface area contributed by atoms with Crippen LogP contribution in [0.3, 0.4) is 0 Å². The number of primary amides is 1. The van der Waals surface area contributed by atoms with Gasteiger partial charge in [0.25, 0.3) is 0 Å². The predicted octanol–water partition coefficient (Wildman–Crippen LogP) is 0.768. The van der Waals surface area contributed by atoms with Crippen molar-refractivity contribution in [1.82, 2.24) is 10.9 Å². The van der Waals surface area contributed by atoms with Crippen LogP contribution in [0.15, 0.2) is 0 Å². The van der Waals surface area contributed by atoms with Crippen LogP contribution in [-0.4, -0.2) is 23.9 Å². The molecule has 128 valence electrons. The lowest BCUT2D eigenvalue weighted by atomic mass is 9.34. The summed E-state index contributed by atoms with van der Waals surface area (Å²) in [7, 11) is 0. The van der Waals surface area contributed by atoms with Gasteiger partial charge in [0, 0.05) is 12.3 Å². The van der Waals surface area contributed by atoms with Crippen LogP contribution in [0.1, 0.15) is 38.5 Å². The monoisotopic (exact) mass is 333 g/mol. The van der Waals surface area contributed by atoms with Gasteiger partial charge in [-0.05, 0) is 37.5 Å². The summed E-state index contributed by atoms with van der Waals surface area (Å²) in [5.41, 5.74) is 8.94. The van der Waals surface area contributed by atoms with Gasteiger partial charge in [0.15, 0.2) is 0 Å². The van der Waals surface area contributed by atoms with Gasteiger partial charge in [-0.3, -0.25) is 25.2 Å². The molecule has 4 aliphatic rings. The molecule has 0 atom stereocenters. The Balaban J connectivity index is 1.39. The van der Waals surface area contributed by atoms with Crippen molar-refractivity contribution in [2.24, 2.45) is 28.4 Å². The highest BCUT2D eigenvalue weighted by atomic mass is 19.4. The molecule has 0 radical (unpaired) electrons. The Kier molecular flexibility index (Phi) is 3.39. The van der Waals surface area contributed by atoms with E-state index in [2.05, 4.69) is 10.9 Å². The molecule has 0 saturated heterocycles. The number of rotatable bonds is 4. The van der Waals surface area contributed by atoms with Crippen LogP contribution in [0.5, 0.6) is 0 Å². The summed E-state index contributed by atoms with van der Waals surface area (Å²) < 4.78 is 37.1. The Morgan fingerprint density at radius 2 is 1.65 bits per heavy atom. The number of hydrogen-bond acceptors (Lipinski definition) is 3. The zero-order chi connectivity index (χ0) is 17.0. The molecule has 2 bridgehead atoms. The summed E-state index contributed by atoms with van der Waals surface area (Å²) in [5.74, 6) is -3.46. The van der Waals surface area contributed by atoms with Crippen molar-refractivity contribution in [3.63, 3.8) is 0 Å². The molecule has 3 amide bonds. The van der Waals surface area contributed by atoms with E-state index in [9.17, 15) is 27.6 Å². The Bertz CT molecular complexity index is 550. The summed E-state index contributed by atoms with van der Waals surface area (Å²) in [6, 6.07) is 0. The molecule has 9 heteroatoms. The number of hydrazine groups is 1. The van der Waals surface area contributed by atoms with Crippen LogP contribution in [-0.2, 0) is 14.4 Å². The summed E-state index contributed by atoms with van der Waals surface area (Å²) in [4.78, 5) is 34.7. The lowest BCUT2D eigenvalue weighted by Gasteiger charge is -2.69. The van der Waals surface area contributed by atoms with E-state index >= 15 is 0 Å². The van der Waals surface area contributed by atoms with E-state index in [4.69, 9.17) is 5.73 Å². The Morgan fingerprint density at radius 1 is 1.09 bits per heavy atom. The van der Waals surface area contributed by atoms with E-state index in [-0.39, 0.29) is 30.6 Å². The number of hydrogen-bond donors (Lipinski definition) is 3. The zero-order valence-electron chi connectivity index (χ0n) is 12.3. The van der Waals surface area contributed by atoms with Gasteiger partial charge in [-0.1, -0.05) is 0 Å². The molecular formula is C14H18F3N3O3. The van der Waals surface area contributed by atoms with Gasteiger partial charge in [-0.15, -0.1) is 0 Å². The van der Waals surface area contributed by atoms with Crippen LogP contribution >= 0.6 is 0 Å². The maximum Gasteiger partial charge on any atom is 0.391 e. The van der Waals surface area contributed by atoms with Crippen LogP contribution in [0.2, 0.25) is 0 Å². The third-order valence-electron chi connectivity index (χ3n) is 5.44. The smallest absolute Gasteiger partial charge is 0.370 e. The fraction of sp³-hybridized carbons (Fsp3) is 0.786. The molecule has 0 aliphatic heterocycles. The Labute approximate surface area is 130 Å². The van der Waals surface area contributed by atoms with E-state index < -0.39 is 35.2 Å². The zero-order valence-corrected chi connectivity index (χ0v) is 12.3. The lowest BCUT2D eigenvalue weighted by Crippen LogP contribution is -2.69. The van der Waals surface area contributed by atoms with Gasteiger partial charge in [0.05, 0.1) is 11.3 Å². The number of carbonyl (C=O) groups is 3. The van der Waals surface area contributed by atoms with Gasteiger partial charge < -0.3 is 5.73 Å². The molecular weight excluding hydrogens is 315 g/mol. The Morgan fingerprint density at radius 3 is 2.13 bits per heavy atom. The Hall–Kier alpha value is -1.80. The second kappa shape index (κ2) is 4.85. The highest BCUT2D eigenvalue weighted by Gasteiger charge is 2.71. The quantitative estimate of drug-likeness (QED) is 0.662. The second-order valence-electron chi connectivity index (χ2n) is 7.30. The van der Waals surface area contributed by atoms with Crippen LogP contribution in [0.25, 0.3) is 0 Å². The number of nitrogens with one attached hydrogen (secondary N) is 2. The molecule has 0 unspecified atom stereocenters. The molecule has 4 aliphatic carbocycles. The van der Waals surface area contributed by atoms with E-state index in [0.717, 1.165) is 0 Å². The van der Waals surface area contributed by atoms with Crippen molar-refractivity contribution in [3.05, 3.63) is 0 Å². The summed E-state index contributed by atoms with van der Waals surface area (Å²) in [6.07, 6.45) is -2.80. The van der Waals surface area contributed by atoms with E-state index in [1.807, 2.05) is 0 Å². The standard InChI is InChI=1S/C14H18F3N3O3/c15-14(16,17)8-1-7(2-8)10(22)19-20-11(23)13-4-12(5-13,6-13)3-9(18)21/h7-8H,1-6H2,(H2,18,21)(H,19,22)(H,20,23)/t7-,8+,12?,13?. The molecule has 0 heterocycles. The topological polar surface area (TPSA) is 101 Å². The first kappa shape index (κ1) is 16.1. The van der Waals surface area contributed by atoms with Crippen LogP contribution in [0, 0.1) is 22.7 Å². The summed E-state index contributed by atoms with van der Waals surface area (Å²) >= 11 is 0. The average Bonchev–Trinajstić information content (AvgIpc) is 2.24. The number of amides is 3. The molecule has 4 rings (SSSR count). The molecule has 0 aromatic carbocycles. The van der Waals surface area contributed by atoms with E-state index in [0.29, 0.717) is 19.3 Å². The number of nitrogens with two attached hydrogens (primary N) is 1. The van der Waals surface area contributed by atoms with Crippen molar-refractivity contribution in [1.29, 1.82) is 0 Å². The largest absolute Gasteiger partial charge is 0.391 e. The SMILES string of the molecule is NC(=O)CC12CC(C(=O)NNC(=O)[C@H]3C[C@@H](C(F)(F)F)C3)(C1)C2. The third kappa shape index (κ3) is 2.66. The maximum atomic E-state index is 12.4. The van der Waals surface area contributed by atoms with Gasteiger partial charge in [-0.2, -0.15) is 13.2 Å². The molecule has 4 N–H and O–H groups in total. The first-order valence-electron chi connectivity index (χ1n) is 7.51. The normalized spacial score (nSPS) is 37.7. The molecule has 23 heavy (non-hydrogen) atoms. The fourth-order valence-corrected chi connectivity index (χ4v) is 4.25. The minimum absolute atomic E-state index is 0.166. The average molecular weight is 333 g/mol. The van der Waals surface area contributed by atoms with Crippen molar-refractivity contribution >= 4 is 17.7 Å². The number of alkyl halides is 3. The second-order valence-corrected chi connectivity index (χ2v) is 7.30. The first-order chi connectivity index (χ1) is 10.6. The van der Waals surface area contributed by atoms with Gasteiger partial charge in [0.1, 0.15) is 0 Å². The molecule has 0 spiro atoms. The van der Waals surface area contributed by atoms with E-state index in [1.165, 1.54) is 0 Å².